The summed E-state index contributed by atoms with van der Waals surface area (Å²) in [6.45, 7) is 5.21. The van der Waals surface area contributed by atoms with E-state index < -0.39 is 5.54 Å². The number of thioether (sulfide) groups is 1. The molecule has 0 bridgehead atoms. The molecule has 1 aliphatic carbocycles. The van der Waals surface area contributed by atoms with Crippen molar-refractivity contribution in [2.45, 2.75) is 51.5 Å². The van der Waals surface area contributed by atoms with E-state index in [9.17, 15) is 4.79 Å². The Kier molecular flexibility index (Phi) is 7.08. The van der Waals surface area contributed by atoms with Gasteiger partial charge in [0.2, 0.25) is 0 Å². The highest BCUT2D eigenvalue weighted by Gasteiger charge is 2.48. The van der Waals surface area contributed by atoms with Crippen LogP contribution in [0.15, 0.2) is 0 Å². The quantitative estimate of drug-likeness (QED) is 0.545. The molecule has 106 valence electrons. The Labute approximate surface area is 115 Å². The van der Waals surface area contributed by atoms with Crippen molar-refractivity contribution in [3.8, 4) is 0 Å². The molecule has 0 aromatic carbocycles. The Morgan fingerprint density at radius 1 is 1.50 bits per heavy atom. The van der Waals surface area contributed by atoms with Crippen molar-refractivity contribution in [1.82, 2.24) is 5.32 Å². The van der Waals surface area contributed by atoms with E-state index in [1.807, 2.05) is 11.8 Å². The lowest BCUT2D eigenvalue weighted by atomic mass is 9.85. The Hall–Kier alpha value is -0.220. The summed E-state index contributed by atoms with van der Waals surface area (Å²) in [5.41, 5.74) is -0.404. The fraction of sp³-hybridized carbons (Fsp3) is 0.929. The predicted octanol–water partition coefficient (Wildman–Crippen LogP) is 2.84. The number of esters is 1. The molecular formula is C14H27NO2S. The first kappa shape index (κ1) is 15.8. The van der Waals surface area contributed by atoms with Gasteiger partial charge >= 0.3 is 5.97 Å². The second-order valence-electron chi connectivity index (χ2n) is 4.96. The third-order valence-electron chi connectivity index (χ3n) is 3.88. The van der Waals surface area contributed by atoms with E-state index in [-0.39, 0.29) is 5.97 Å². The number of hydrogen-bond acceptors (Lipinski definition) is 4. The van der Waals surface area contributed by atoms with Crippen LogP contribution >= 0.6 is 11.8 Å². The highest BCUT2D eigenvalue weighted by Crippen LogP contribution is 2.39. The molecule has 2 atom stereocenters. The zero-order valence-electron chi connectivity index (χ0n) is 12.0. The molecule has 0 saturated heterocycles. The van der Waals surface area contributed by atoms with Crippen molar-refractivity contribution < 1.29 is 9.53 Å². The van der Waals surface area contributed by atoms with Crippen molar-refractivity contribution >= 4 is 17.7 Å². The molecule has 1 rings (SSSR count). The van der Waals surface area contributed by atoms with Gasteiger partial charge in [0.1, 0.15) is 5.54 Å². The average molecular weight is 273 g/mol. The highest BCUT2D eigenvalue weighted by molar-refractivity contribution is 7.99. The van der Waals surface area contributed by atoms with E-state index in [4.69, 9.17) is 4.74 Å². The number of nitrogens with one attached hydrogen (secondary N) is 1. The molecule has 1 fully saturated rings. The van der Waals surface area contributed by atoms with Crippen molar-refractivity contribution in [2.75, 3.05) is 25.2 Å². The van der Waals surface area contributed by atoms with E-state index in [2.05, 4.69) is 19.2 Å². The van der Waals surface area contributed by atoms with Crippen LogP contribution in [0.2, 0.25) is 0 Å². The molecular weight excluding hydrogens is 246 g/mol. The van der Waals surface area contributed by atoms with E-state index >= 15 is 0 Å². The van der Waals surface area contributed by atoms with Crippen LogP contribution in [-0.4, -0.2) is 36.7 Å². The van der Waals surface area contributed by atoms with Crippen molar-refractivity contribution in [3.05, 3.63) is 0 Å². The fourth-order valence-corrected chi connectivity index (χ4v) is 3.68. The SMILES string of the molecule is CCCNC1(C(=O)OC)CCCC1CCSCC. The van der Waals surface area contributed by atoms with Gasteiger partial charge in [-0.1, -0.05) is 20.3 Å². The molecule has 0 aliphatic heterocycles. The van der Waals surface area contributed by atoms with Gasteiger partial charge in [-0.15, -0.1) is 0 Å². The topological polar surface area (TPSA) is 38.3 Å². The van der Waals surface area contributed by atoms with Crippen molar-refractivity contribution in [2.24, 2.45) is 5.92 Å². The lowest BCUT2D eigenvalue weighted by molar-refractivity contribution is -0.150. The molecule has 0 heterocycles. The van der Waals surface area contributed by atoms with Crippen LogP contribution in [0.5, 0.6) is 0 Å². The molecule has 4 heteroatoms. The van der Waals surface area contributed by atoms with Crippen LogP contribution in [0.3, 0.4) is 0 Å². The van der Waals surface area contributed by atoms with Crippen molar-refractivity contribution in [1.29, 1.82) is 0 Å². The second kappa shape index (κ2) is 8.05. The summed E-state index contributed by atoms with van der Waals surface area (Å²) in [7, 11) is 1.51. The largest absolute Gasteiger partial charge is 0.468 e. The number of ether oxygens (including phenoxy) is 1. The standard InChI is InChI=1S/C14H27NO2S/c1-4-10-15-14(13(16)17-3)9-6-7-12(14)8-11-18-5-2/h12,15H,4-11H2,1-3H3. The van der Waals surface area contributed by atoms with Crippen molar-refractivity contribution in [3.63, 3.8) is 0 Å². The first-order valence-electron chi connectivity index (χ1n) is 7.12. The molecule has 0 amide bonds. The number of hydrogen-bond donors (Lipinski definition) is 1. The maximum atomic E-state index is 12.2. The van der Waals surface area contributed by atoms with E-state index in [1.165, 1.54) is 7.11 Å². The molecule has 2 unspecified atom stereocenters. The predicted molar refractivity (Wildman–Crippen MR) is 78.0 cm³/mol. The highest BCUT2D eigenvalue weighted by atomic mass is 32.2. The van der Waals surface area contributed by atoms with Crippen LogP contribution in [0.1, 0.15) is 46.0 Å². The Morgan fingerprint density at radius 3 is 2.89 bits per heavy atom. The molecule has 1 aliphatic rings. The Morgan fingerprint density at radius 2 is 2.28 bits per heavy atom. The summed E-state index contributed by atoms with van der Waals surface area (Å²) in [5.74, 6) is 2.68. The molecule has 0 radical (unpaired) electrons. The Bertz CT molecular complexity index is 260. The summed E-state index contributed by atoms with van der Waals surface area (Å²) < 4.78 is 5.06. The minimum Gasteiger partial charge on any atom is -0.468 e. The van der Waals surface area contributed by atoms with Gasteiger partial charge in [-0.2, -0.15) is 11.8 Å². The normalized spacial score (nSPS) is 27.4. The molecule has 1 saturated carbocycles. The van der Waals surface area contributed by atoms with Gasteiger partial charge in [0, 0.05) is 0 Å². The minimum atomic E-state index is -0.404. The van der Waals surface area contributed by atoms with E-state index in [0.717, 1.165) is 50.2 Å². The van der Waals surface area contributed by atoms with Crippen LogP contribution in [0.25, 0.3) is 0 Å². The smallest absolute Gasteiger partial charge is 0.326 e. The second-order valence-corrected chi connectivity index (χ2v) is 6.36. The summed E-state index contributed by atoms with van der Waals surface area (Å²) in [6, 6.07) is 0. The van der Waals surface area contributed by atoms with Gasteiger partial charge in [0.15, 0.2) is 0 Å². The number of rotatable bonds is 8. The first-order valence-corrected chi connectivity index (χ1v) is 8.28. The molecule has 18 heavy (non-hydrogen) atoms. The van der Waals surface area contributed by atoms with E-state index in [1.54, 1.807) is 0 Å². The monoisotopic (exact) mass is 273 g/mol. The summed E-state index contributed by atoms with van der Waals surface area (Å²) in [4.78, 5) is 12.2. The third kappa shape index (κ3) is 3.64. The first-order chi connectivity index (χ1) is 8.71. The maximum Gasteiger partial charge on any atom is 0.326 e. The molecule has 3 nitrogen and oxygen atoms in total. The average Bonchev–Trinajstić information content (AvgIpc) is 2.80. The van der Waals surface area contributed by atoms with Gasteiger partial charge in [-0.05, 0) is 49.7 Å². The molecule has 0 spiro atoms. The summed E-state index contributed by atoms with van der Waals surface area (Å²) >= 11 is 1.96. The van der Waals surface area contributed by atoms with Crippen LogP contribution in [-0.2, 0) is 9.53 Å². The number of carbonyl (C=O) groups excluding carboxylic acids is 1. The fourth-order valence-electron chi connectivity index (χ4n) is 2.94. The van der Waals surface area contributed by atoms with Gasteiger partial charge in [0.25, 0.3) is 0 Å². The Balaban J connectivity index is 2.69. The van der Waals surface area contributed by atoms with E-state index in [0.29, 0.717) is 5.92 Å². The minimum absolute atomic E-state index is 0.0556. The molecule has 1 N–H and O–H groups in total. The maximum absolute atomic E-state index is 12.2. The summed E-state index contributed by atoms with van der Waals surface area (Å²) in [6.07, 6.45) is 5.38. The third-order valence-corrected chi connectivity index (χ3v) is 4.81. The van der Waals surface area contributed by atoms with Crippen LogP contribution in [0, 0.1) is 5.92 Å². The number of methoxy groups -OCH3 is 1. The molecule has 0 aromatic rings. The van der Waals surface area contributed by atoms with Crippen LogP contribution < -0.4 is 5.32 Å². The summed E-state index contributed by atoms with van der Waals surface area (Å²) in [5, 5.41) is 3.49. The van der Waals surface area contributed by atoms with Gasteiger partial charge in [-0.3, -0.25) is 4.79 Å². The van der Waals surface area contributed by atoms with Gasteiger partial charge in [-0.25, -0.2) is 0 Å². The lowest BCUT2D eigenvalue weighted by Gasteiger charge is -2.34. The lowest BCUT2D eigenvalue weighted by Crippen LogP contribution is -2.55. The van der Waals surface area contributed by atoms with Gasteiger partial charge < -0.3 is 10.1 Å². The van der Waals surface area contributed by atoms with Gasteiger partial charge in [0.05, 0.1) is 7.11 Å². The van der Waals surface area contributed by atoms with Crippen LogP contribution in [0.4, 0.5) is 0 Å². The zero-order chi connectivity index (χ0) is 13.4. The number of carbonyl (C=O) groups is 1. The molecule has 0 aromatic heterocycles. The zero-order valence-corrected chi connectivity index (χ0v) is 12.8.